The van der Waals surface area contributed by atoms with E-state index in [-0.39, 0.29) is 10.8 Å². The summed E-state index contributed by atoms with van der Waals surface area (Å²) in [6.07, 6.45) is 0. The van der Waals surface area contributed by atoms with Gasteiger partial charge in [-0.05, 0) is 60.0 Å². The SMILES string of the molecule is COc1ccc(C(C)C)cc1S(=O)(=O)Nc1ccc(Oc2ccccc2)cc1. The molecular weight excluding hydrogens is 374 g/mol. The molecule has 6 heteroatoms. The molecule has 1 N–H and O–H groups in total. The molecule has 146 valence electrons. The predicted octanol–water partition coefficient (Wildman–Crippen LogP) is 5.41. The third kappa shape index (κ3) is 4.64. The van der Waals surface area contributed by atoms with Crippen molar-refractivity contribution in [1.29, 1.82) is 0 Å². The van der Waals surface area contributed by atoms with Crippen molar-refractivity contribution in [3.8, 4) is 17.2 Å². The Kier molecular flexibility index (Phi) is 5.90. The first kappa shape index (κ1) is 19.8. The molecule has 0 aromatic heterocycles. The molecule has 0 heterocycles. The molecule has 28 heavy (non-hydrogen) atoms. The van der Waals surface area contributed by atoms with Crippen LogP contribution in [0.1, 0.15) is 25.3 Å². The zero-order valence-corrected chi connectivity index (χ0v) is 16.9. The van der Waals surface area contributed by atoms with E-state index in [1.807, 2.05) is 50.2 Å². The second kappa shape index (κ2) is 8.35. The second-order valence-corrected chi connectivity index (χ2v) is 8.26. The summed E-state index contributed by atoms with van der Waals surface area (Å²) in [7, 11) is -2.34. The number of hydrogen-bond donors (Lipinski definition) is 1. The number of anilines is 1. The topological polar surface area (TPSA) is 64.6 Å². The molecule has 0 amide bonds. The van der Waals surface area contributed by atoms with Crippen molar-refractivity contribution < 1.29 is 17.9 Å². The minimum atomic E-state index is -3.80. The van der Waals surface area contributed by atoms with Crippen molar-refractivity contribution in [2.45, 2.75) is 24.7 Å². The number of sulfonamides is 1. The van der Waals surface area contributed by atoms with E-state index in [4.69, 9.17) is 9.47 Å². The zero-order valence-electron chi connectivity index (χ0n) is 16.0. The fourth-order valence-corrected chi connectivity index (χ4v) is 3.95. The summed E-state index contributed by atoms with van der Waals surface area (Å²) in [5.74, 6) is 1.84. The summed E-state index contributed by atoms with van der Waals surface area (Å²) < 4.78 is 39.4. The van der Waals surface area contributed by atoms with Crippen LogP contribution < -0.4 is 14.2 Å². The van der Waals surface area contributed by atoms with Gasteiger partial charge in [0, 0.05) is 5.69 Å². The van der Waals surface area contributed by atoms with Crippen LogP contribution in [0.15, 0.2) is 77.7 Å². The Morgan fingerprint density at radius 2 is 1.50 bits per heavy atom. The van der Waals surface area contributed by atoms with Crippen molar-refractivity contribution in [3.63, 3.8) is 0 Å². The number of rotatable bonds is 7. The fourth-order valence-electron chi connectivity index (χ4n) is 2.69. The van der Waals surface area contributed by atoms with E-state index in [2.05, 4.69) is 4.72 Å². The summed E-state index contributed by atoms with van der Waals surface area (Å²) in [6.45, 7) is 4.02. The standard InChI is InChI=1S/C22H23NO4S/c1-16(2)17-9-14-21(26-3)22(15-17)28(24,25)23-18-10-12-20(13-11-18)27-19-7-5-4-6-8-19/h4-16,23H,1-3H3. The first-order valence-electron chi connectivity index (χ1n) is 8.93. The molecule has 0 aliphatic rings. The maximum atomic E-state index is 12.9. The highest BCUT2D eigenvalue weighted by molar-refractivity contribution is 7.92. The number of ether oxygens (including phenoxy) is 2. The Labute approximate surface area is 166 Å². The lowest BCUT2D eigenvalue weighted by atomic mass is 10.0. The summed E-state index contributed by atoms with van der Waals surface area (Å²) in [4.78, 5) is 0.116. The lowest BCUT2D eigenvalue weighted by molar-refractivity contribution is 0.402. The summed E-state index contributed by atoms with van der Waals surface area (Å²) in [5, 5.41) is 0. The molecule has 0 saturated carbocycles. The van der Waals surface area contributed by atoms with Gasteiger partial charge in [0.1, 0.15) is 22.1 Å². The van der Waals surface area contributed by atoms with Crippen LogP contribution in [0.5, 0.6) is 17.2 Å². The minimum absolute atomic E-state index is 0.116. The lowest BCUT2D eigenvalue weighted by Crippen LogP contribution is -2.14. The number of hydrogen-bond acceptors (Lipinski definition) is 4. The average molecular weight is 397 g/mol. The summed E-state index contributed by atoms with van der Waals surface area (Å²) in [5.41, 5.74) is 1.37. The smallest absolute Gasteiger partial charge is 0.265 e. The number of nitrogens with one attached hydrogen (secondary N) is 1. The monoisotopic (exact) mass is 397 g/mol. The maximum absolute atomic E-state index is 12.9. The summed E-state index contributed by atoms with van der Waals surface area (Å²) >= 11 is 0. The van der Waals surface area contributed by atoms with Gasteiger partial charge in [0.25, 0.3) is 10.0 Å². The van der Waals surface area contributed by atoms with Crippen LogP contribution >= 0.6 is 0 Å². The zero-order chi connectivity index (χ0) is 20.1. The van der Waals surface area contributed by atoms with Gasteiger partial charge in [-0.2, -0.15) is 0 Å². The Balaban J connectivity index is 1.82. The van der Waals surface area contributed by atoms with E-state index in [0.29, 0.717) is 22.9 Å². The molecule has 3 aromatic rings. The molecule has 0 radical (unpaired) electrons. The normalized spacial score (nSPS) is 11.3. The van der Waals surface area contributed by atoms with E-state index in [1.165, 1.54) is 7.11 Å². The van der Waals surface area contributed by atoms with E-state index in [0.717, 1.165) is 5.56 Å². The second-order valence-electron chi connectivity index (χ2n) is 6.61. The largest absolute Gasteiger partial charge is 0.495 e. The van der Waals surface area contributed by atoms with Crippen molar-refractivity contribution in [1.82, 2.24) is 0 Å². The lowest BCUT2D eigenvalue weighted by Gasteiger charge is -2.14. The summed E-state index contributed by atoms with van der Waals surface area (Å²) in [6, 6.07) is 21.3. The number of methoxy groups -OCH3 is 1. The number of benzene rings is 3. The molecule has 0 fully saturated rings. The van der Waals surface area contributed by atoms with Crippen molar-refractivity contribution in [2.75, 3.05) is 11.8 Å². The predicted molar refractivity (Wildman–Crippen MR) is 111 cm³/mol. The highest BCUT2D eigenvalue weighted by Crippen LogP contribution is 2.30. The average Bonchev–Trinajstić information content (AvgIpc) is 2.69. The van der Waals surface area contributed by atoms with Crippen LogP contribution in [0.25, 0.3) is 0 Å². The van der Waals surface area contributed by atoms with Crippen LogP contribution in [-0.4, -0.2) is 15.5 Å². The van der Waals surface area contributed by atoms with E-state index in [1.54, 1.807) is 36.4 Å². The molecule has 5 nitrogen and oxygen atoms in total. The van der Waals surface area contributed by atoms with Gasteiger partial charge in [-0.1, -0.05) is 38.1 Å². The van der Waals surface area contributed by atoms with E-state index < -0.39 is 10.0 Å². The van der Waals surface area contributed by atoms with E-state index in [9.17, 15) is 8.42 Å². The van der Waals surface area contributed by atoms with Crippen LogP contribution in [0.3, 0.4) is 0 Å². The Morgan fingerprint density at radius 1 is 0.857 bits per heavy atom. The van der Waals surface area contributed by atoms with Gasteiger partial charge in [-0.3, -0.25) is 4.72 Å². The van der Waals surface area contributed by atoms with Gasteiger partial charge in [0.2, 0.25) is 0 Å². The molecule has 0 bridgehead atoms. The first-order chi connectivity index (χ1) is 13.4. The van der Waals surface area contributed by atoms with Crippen LogP contribution in [0.4, 0.5) is 5.69 Å². The van der Waals surface area contributed by atoms with Gasteiger partial charge >= 0.3 is 0 Å². The molecule has 0 aliphatic carbocycles. The van der Waals surface area contributed by atoms with Crippen LogP contribution in [0, 0.1) is 0 Å². The first-order valence-corrected chi connectivity index (χ1v) is 10.4. The Hall–Kier alpha value is -2.99. The van der Waals surface area contributed by atoms with Gasteiger partial charge in [-0.15, -0.1) is 0 Å². The van der Waals surface area contributed by atoms with Crippen molar-refractivity contribution in [2.24, 2.45) is 0 Å². The fraction of sp³-hybridized carbons (Fsp3) is 0.182. The number of para-hydroxylation sites is 1. The third-order valence-corrected chi connectivity index (χ3v) is 5.63. The molecule has 0 unspecified atom stereocenters. The Bertz CT molecular complexity index is 1030. The quantitative estimate of drug-likeness (QED) is 0.579. The highest BCUT2D eigenvalue weighted by atomic mass is 32.2. The van der Waals surface area contributed by atoms with Crippen molar-refractivity contribution >= 4 is 15.7 Å². The molecule has 0 spiro atoms. The molecule has 0 saturated heterocycles. The van der Waals surface area contributed by atoms with Crippen molar-refractivity contribution in [3.05, 3.63) is 78.4 Å². The highest BCUT2D eigenvalue weighted by Gasteiger charge is 2.21. The van der Waals surface area contributed by atoms with Gasteiger partial charge in [0.15, 0.2) is 0 Å². The van der Waals surface area contributed by atoms with E-state index >= 15 is 0 Å². The molecule has 0 atom stereocenters. The molecule has 3 rings (SSSR count). The minimum Gasteiger partial charge on any atom is -0.495 e. The third-order valence-electron chi connectivity index (χ3n) is 4.23. The van der Waals surface area contributed by atoms with Crippen LogP contribution in [0.2, 0.25) is 0 Å². The van der Waals surface area contributed by atoms with Gasteiger partial charge < -0.3 is 9.47 Å². The molecule has 3 aromatic carbocycles. The van der Waals surface area contributed by atoms with Crippen LogP contribution in [-0.2, 0) is 10.0 Å². The van der Waals surface area contributed by atoms with Gasteiger partial charge in [0.05, 0.1) is 7.11 Å². The van der Waals surface area contributed by atoms with Gasteiger partial charge in [-0.25, -0.2) is 8.42 Å². The molecular formula is C22H23NO4S. The molecule has 0 aliphatic heterocycles. The maximum Gasteiger partial charge on any atom is 0.265 e. The Morgan fingerprint density at radius 3 is 2.11 bits per heavy atom.